The molecule has 1 heterocycles. The summed E-state index contributed by atoms with van der Waals surface area (Å²) in [6.45, 7) is 1.92. The van der Waals surface area contributed by atoms with Gasteiger partial charge in [0.15, 0.2) is 0 Å². The Morgan fingerprint density at radius 2 is 1.88 bits per heavy atom. The topological polar surface area (TPSA) is 34.9 Å². The van der Waals surface area contributed by atoms with Gasteiger partial charge in [-0.15, -0.1) is 0 Å². The molecule has 1 aromatic heterocycles. The number of aromatic nitrogens is 2. The number of nitrogens with zero attached hydrogens (tertiary/aromatic N) is 2. The monoisotopic (exact) mass is 220 g/mol. The highest BCUT2D eigenvalue weighted by molar-refractivity contribution is 5.81. The maximum atomic E-state index is 12.2. The highest BCUT2D eigenvalue weighted by atomic mass is 16.2. The van der Waals surface area contributed by atoms with E-state index in [1.807, 2.05) is 13.1 Å². The molecule has 1 aliphatic rings. The number of imidazole rings is 1. The van der Waals surface area contributed by atoms with Crippen LogP contribution in [0.4, 0.5) is 0 Å². The van der Waals surface area contributed by atoms with Gasteiger partial charge in [0.25, 0.3) is 0 Å². The van der Waals surface area contributed by atoms with Gasteiger partial charge in [-0.05, 0) is 19.8 Å². The summed E-state index contributed by atoms with van der Waals surface area (Å²) < 4.78 is 1.67. The zero-order valence-electron chi connectivity index (χ0n) is 9.98. The Kier molecular flexibility index (Phi) is 3.75. The summed E-state index contributed by atoms with van der Waals surface area (Å²) in [5.41, 5.74) is 0.916. The van der Waals surface area contributed by atoms with Crippen molar-refractivity contribution in [3.8, 4) is 0 Å². The third kappa shape index (κ3) is 2.71. The van der Waals surface area contributed by atoms with Crippen molar-refractivity contribution in [1.82, 2.24) is 9.55 Å². The van der Waals surface area contributed by atoms with Crippen molar-refractivity contribution in [2.45, 2.75) is 51.9 Å². The van der Waals surface area contributed by atoms with Crippen LogP contribution in [0.5, 0.6) is 0 Å². The molecule has 3 nitrogen and oxygen atoms in total. The summed E-state index contributed by atoms with van der Waals surface area (Å²) in [4.78, 5) is 16.3. The van der Waals surface area contributed by atoms with E-state index in [-0.39, 0.29) is 11.8 Å². The van der Waals surface area contributed by atoms with Gasteiger partial charge in [0.2, 0.25) is 5.91 Å². The summed E-state index contributed by atoms with van der Waals surface area (Å²) in [7, 11) is 0. The Morgan fingerprint density at radius 1 is 1.25 bits per heavy atom. The quantitative estimate of drug-likeness (QED) is 0.728. The molecule has 0 radical (unpaired) electrons. The van der Waals surface area contributed by atoms with E-state index in [0.29, 0.717) is 0 Å². The fourth-order valence-corrected chi connectivity index (χ4v) is 2.46. The third-order valence-electron chi connectivity index (χ3n) is 3.42. The number of aryl methyl sites for hydroxylation is 1. The molecule has 0 aromatic carbocycles. The molecule has 0 N–H and O–H groups in total. The van der Waals surface area contributed by atoms with Crippen molar-refractivity contribution in [2.75, 3.05) is 0 Å². The molecule has 0 unspecified atom stereocenters. The SMILES string of the molecule is Cc1cn(C(=O)C2CCCCCCC2)cn1. The van der Waals surface area contributed by atoms with Crippen molar-refractivity contribution in [1.29, 1.82) is 0 Å². The fraction of sp³-hybridized carbons (Fsp3) is 0.692. The molecule has 0 spiro atoms. The lowest BCUT2D eigenvalue weighted by molar-refractivity contribution is 0.0810. The Hall–Kier alpha value is -1.12. The summed E-state index contributed by atoms with van der Waals surface area (Å²) in [5.74, 6) is 0.455. The predicted octanol–water partition coefficient (Wildman–Crippen LogP) is 3.19. The van der Waals surface area contributed by atoms with E-state index < -0.39 is 0 Å². The van der Waals surface area contributed by atoms with Crippen LogP contribution in [-0.4, -0.2) is 15.5 Å². The lowest BCUT2D eigenvalue weighted by atomic mass is 9.90. The summed E-state index contributed by atoms with van der Waals surface area (Å²) in [6, 6.07) is 0. The average molecular weight is 220 g/mol. The van der Waals surface area contributed by atoms with Crippen molar-refractivity contribution < 1.29 is 4.79 Å². The molecule has 2 rings (SSSR count). The standard InChI is InChI=1S/C13H20N2O/c1-11-9-15(10-14-11)13(16)12-7-5-3-2-4-6-8-12/h9-10,12H,2-8H2,1H3. The first kappa shape index (κ1) is 11.4. The average Bonchev–Trinajstić information content (AvgIpc) is 2.63. The highest BCUT2D eigenvalue weighted by Gasteiger charge is 2.20. The molecule has 3 heteroatoms. The van der Waals surface area contributed by atoms with Crippen molar-refractivity contribution in [3.63, 3.8) is 0 Å². The second kappa shape index (κ2) is 5.28. The number of carbonyl (C=O) groups is 1. The first-order chi connectivity index (χ1) is 7.77. The van der Waals surface area contributed by atoms with E-state index in [9.17, 15) is 4.79 Å². The number of rotatable bonds is 1. The maximum Gasteiger partial charge on any atom is 0.234 e. The van der Waals surface area contributed by atoms with Crippen LogP contribution < -0.4 is 0 Å². The van der Waals surface area contributed by atoms with Gasteiger partial charge in [0.1, 0.15) is 6.33 Å². The van der Waals surface area contributed by atoms with E-state index in [4.69, 9.17) is 0 Å². The van der Waals surface area contributed by atoms with Gasteiger partial charge >= 0.3 is 0 Å². The van der Waals surface area contributed by atoms with Gasteiger partial charge in [-0.25, -0.2) is 4.98 Å². The van der Waals surface area contributed by atoms with Crippen LogP contribution in [0.3, 0.4) is 0 Å². The summed E-state index contributed by atoms with van der Waals surface area (Å²) in [6.07, 6.45) is 11.9. The normalized spacial score (nSPS) is 19.1. The predicted molar refractivity (Wildman–Crippen MR) is 63.4 cm³/mol. The van der Waals surface area contributed by atoms with Gasteiger partial charge < -0.3 is 0 Å². The van der Waals surface area contributed by atoms with Crippen LogP contribution in [0.2, 0.25) is 0 Å². The molecule has 0 amide bonds. The molecule has 16 heavy (non-hydrogen) atoms. The van der Waals surface area contributed by atoms with Gasteiger partial charge in [0, 0.05) is 12.1 Å². The second-order valence-electron chi connectivity index (χ2n) is 4.80. The van der Waals surface area contributed by atoms with Crippen molar-refractivity contribution >= 4 is 5.91 Å². The number of hydrogen-bond acceptors (Lipinski definition) is 2. The summed E-state index contributed by atoms with van der Waals surface area (Å²) in [5, 5.41) is 0. The first-order valence-electron chi connectivity index (χ1n) is 6.32. The zero-order chi connectivity index (χ0) is 11.4. The zero-order valence-corrected chi connectivity index (χ0v) is 9.98. The minimum absolute atomic E-state index is 0.217. The van der Waals surface area contributed by atoms with Crippen molar-refractivity contribution in [3.05, 3.63) is 18.2 Å². The van der Waals surface area contributed by atoms with E-state index in [1.165, 1.54) is 32.1 Å². The van der Waals surface area contributed by atoms with Crippen LogP contribution in [0.25, 0.3) is 0 Å². The van der Waals surface area contributed by atoms with E-state index in [1.54, 1.807) is 10.9 Å². The van der Waals surface area contributed by atoms with Crippen LogP contribution >= 0.6 is 0 Å². The molecular formula is C13H20N2O. The highest BCUT2D eigenvalue weighted by Crippen LogP contribution is 2.23. The third-order valence-corrected chi connectivity index (χ3v) is 3.42. The van der Waals surface area contributed by atoms with Crippen LogP contribution in [0.1, 0.15) is 55.4 Å². The fourth-order valence-electron chi connectivity index (χ4n) is 2.46. The second-order valence-corrected chi connectivity index (χ2v) is 4.80. The van der Waals surface area contributed by atoms with E-state index in [0.717, 1.165) is 18.5 Å². The number of hydrogen-bond donors (Lipinski definition) is 0. The molecular weight excluding hydrogens is 200 g/mol. The molecule has 0 bridgehead atoms. The van der Waals surface area contributed by atoms with Crippen LogP contribution in [0, 0.1) is 12.8 Å². The van der Waals surface area contributed by atoms with Gasteiger partial charge in [-0.2, -0.15) is 0 Å². The van der Waals surface area contributed by atoms with Gasteiger partial charge in [-0.3, -0.25) is 9.36 Å². The maximum absolute atomic E-state index is 12.2. The Morgan fingerprint density at radius 3 is 2.44 bits per heavy atom. The minimum atomic E-state index is 0.217. The molecule has 0 aliphatic heterocycles. The molecule has 1 aliphatic carbocycles. The lowest BCUT2D eigenvalue weighted by Gasteiger charge is -2.18. The molecule has 88 valence electrons. The first-order valence-corrected chi connectivity index (χ1v) is 6.32. The Balaban J connectivity index is 2.01. The molecule has 0 atom stereocenters. The molecule has 1 aromatic rings. The Bertz CT molecular complexity index is 349. The summed E-state index contributed by atoms with van der Waals surface area (Å²) >= 11 is 0. The van der Waals surface area contributed by atoms with Gasteiger partial charge in [-0.1, -0.05) is 32.1 Å². The smallest absolute Gasteiger partial charge is 0.234 e. The van der Waals surface area contributed by atoms with E-state index in [2.05, 4.69) is 4.98 Å². The molecule has 1 saturated carbocycles. The van der Waals surface area contributed by atoms with Crippen LogP contribution in [0.15, 0.2) is 12.5 Å². The van der Waals surface area contributed by atoms with Gasteiger partial charge in [0.05, 0.1) is 5.69 Å². The minimum Gasteiger partial charge on any atom is -0.276 e. The lowest BCUT2D eigenvalue weighted by Crippen LogP contribution is -2.21. The van der Waals surface area contributed by atoms with Crippen LogP contribution in [-0.2, 0) is 0 Å². The largest absolute Gasteiger partial charge is 0.276 e. The molecule has 1 fully saturated rings. The Labute approximate surface area is 96.9 Å². The number of carbonyl (C=O) groups excluding carboxylic acids is 1. The molecule has 0 saturated heterocycles. The van der Waals surface area contributed by atoms with Crippen molar-refractivity contribution in [2.24, 2.45) is 5.92 Å². The van der Waals surface area contributed by atoms with E-state index >= 15 is 0 Å².